The van der Waals surface area contributed by atoms with E-state index in [1.807, 2.05) is 19.2 Å². The van der Waals surface area contributed by atoms with Gasteiger partial charge in [-0.25, -0.2) is 4.68 Å². The standard InChI is InChI=1S/C13H16ClN3O/c1-3-4-18-12-8-16-17(9-12)13-5-10(2)15-7-11(13)6-14/h5,7-9H,3-4,6H2,1-2H3. The summed E-state index contributed by atoms with van der Waals surface area (Å²) >= 11 is 5.91. The van der Waals surface area contributed by atoms with Crippen LogP contribution in [-0.4, -0.2) is 21.4 Å². The molecule has 0 radical (unpaired) electrons. The van der Waals surface area contributed by atoms with E-state index in [9.17, 15) is 0 Å². The van der Waals surface area contributed by atoms with Gasteiger partial charge in [-0.2, -0.15) is 5.10 Å². The molecule has 2 heterocycles. The van der Waals surface area contributed by atoms with Crippen molar-refractivity contribution in [1.29, 1.82) is 0 Å². The van der Waals surface area contributed by atoms with Crippen molar-refractivity contribution in [3.05, 3.63) is 35.9 Å². The molecular weight excluding hydrogens is 250 g/mol. The molecule has 4 nitrogen and oxygen atoms in total. The van der Waals surface area contributed by atoms with Crippen molar-refractivity contribution in [2.24, 2.45) is 0 Å². The second kappa shape index (κ2) is 5.87. The maximum atomic E-state index is 5.91. The molecule has 0 N–H and O–H groups in total. The number of rotatable bonds is 5. The zero-order valence-electron chi connectivity index (χ0n) is 10.6. The highest BCUT2D eigenvalue weighted by atomic mass is 35.5. The fourth-order valence-electron chi connectivity index (χ4n) is 1.62. The number of aromatic nitrogens is 3. The largest absolute Gasteiger partial charge is 0.490 e. The lowest BCUT2D eigenvalue weighted by Crippen LogP contribution is -2.01. The molecule has 0 aromatic carbocycles. The van der Waals surface area contributed by atoms with Gasteiger partial charge in [-0.1, -0.05) is 6.92 Å². The second-order valence-electron chi connectivity index (χ2n) is 4.06. The van der Waals surface area contributed by atoms with Crippen molar-refractivity contribution in [3.63, 3.8) is 0 Å². The molecule has 2 aromatic heterocycles. The zero-order valence-corrected chi connectivity index (χ0v) is 11.3. The van der Waals surface area contributed by atoms with Crippen LogP contribution in [0.1, 0.15) is 24.6 Å². The first-order chi connectivity index (χ1) is 8.74. The number of pyridine rings is 1. The Bertz CT molecular complexity index is 525. The Morgan fingerprint density at radius 3 is 2.94 bits per heavy atom. The number of ether oxygens (including phenoxy) is 1. The number of hydrogen-bond acceptors (Lipinski definition) is 3. The molecule has 96 valence electrons. The molecule has 0 aliphatic carbocycles. The first-order valence-electron chi connectivity index (χ1n) is 5.94. The molecule has 0 bridgehead atoms. The summed E-state index contributed by atoms with van der Waals surface area (Å²) in [5, 5.41) is 4.29. The van der Waals surface area contributed by atoms with Gasteiger partial charge in [0.1, 0.15) is 0 Å². The van der Waals surface area contributed by atoms with E-state index in [-0.39, 0.29) is 0 Å². The Hall–Kier alpha value is -1.55. The molecule has 0 spiro atoms. The van der Waals surface area contributed by atoms with Crippen LogP contribution in [0.15, 0.2) is 24.7 Å². The van der Waals surface area contributed by atoms with Crippen LogP contribution < -0.4 is 4.74 Å². The molecule has 0 amide bonds. The fraction of sp³-hybridized carbons (Fsp3) is 0.385. The molecule has 2 aromatic rings. The Labute approximate surface area is 112 Å². The SMILES string of the molecule is CCCOc1cnn(-c2cc(C)ncc2CCl)c1. The third kappa shape index (κ3) is 2.82. The van der Waals surface area contributed by atoms with Crippen molar-refractivity contribution < 1.29 is 4.74 Å². The van der Waals surface area contributed by atoms with Crippen LogP contribution in [0.25, 0.3) is 5.69 Å². The van der Waals surface area contributed by atoms with Gasteiger partial charge >= 0.3 is 0 Å². The lowest BCUT2D eigenvalue weighted by atomic mass is 10.2. The molecule has 0 atom stereocenters. The monoisotopic (exact) mass is 265 g/mol. The Kier molecular flexibility index (Phi) is 4.20. The molecule has 18 heavy (non-hydrogen) atoms. The fourth-order valence-corrected chi connectivity index (χ4v) is 1.83. The van der Waals surface area contributed by atoms with Crippen LogP contribution in [0.3, 0.4) is 0 Å². The number of hydrogen-bond donors (Lipinski definition) is 0. The molecule has 0 aliphatic heterocycles. The van der Waals surface area contributed by atoms with E-state index in [0.717, 1.165) is 29.1 Å². The smallest absolute Gasteiger partial charge is 0.157 e. The highest BCUT2D eigenvalue weighted by Gasteiger charge is 2.07. The number of halogens is 1. The highest BCUT2D eigenvalue weighted by molar-refractivity contribution is 6.17. The van der Waals surface area contributed by atoms with Crippen LogP contribution in [-0.2, 0) is 5.88 Å². The summed E-state index contributed by atoms with van der Waals surface area (Å²) < 4.78 is 7.30. The topological polar surface area (TPSA) is 39.9 Å². The van der Waals surface area contributed by atoms with Gasteiger partial charge in [0.2, 0.25) is 0 Å². The summed E-state index contributed by atoms with van der Waals surface area (Å²) in [4.78, 5) is 4.24. The Balaban J connectivity index is 2.30. The first kappa shape index (κ1) is 12.9. The van der Waals surface area contributed by atoms with E-state index in [0.29, 0.717) is 12.5 Å². The third-order valence-corrected chi connectivity index (χ3v) is 2.81. The number of alkyl halides is 1. The normalized spacial score (nSPS) is 10.6. The zero-order chi connectivity index (χ0) is 13.0. The van der Waals surface area contributed by atoms with Crippen molar-refractivity contribution in [3.8, 4) is 11.4 Å². The number of aryl methyl sites for hydroxylation is 1. The molecule has 0 fully saturated rings. The van der Waals surface area contributed by atoms with E-state index in [1.165, 1.54) is 0 Å². The van der Waals surface area contributed by atoms with Crippen molar-refractivity contribution in [2.75, 3.05) is 6.61 Å². The van der Waals surface area contributed by atoms with Gasteiger partial charge in [0, 0.05) is 17.5 Å². The maximum Gasteiger partial charge on any atom is 0.157 e. The Morgan fingerprint density at radius 2 is 2.22 bits per heavy atom. The molecule has 2 rings (SSSR count). The number of nitrogens with zero attached hydrogens (tertiary/aromatic N) is 3. The van der Waals surface area contributed by atoms with Gasteiger partial charge < -0.3 is 4.74 Å². The summed E-state index contributed by atoms with van der Waals surface area (Å²) in [5.41, 5.74) is 2.83. The van der Waals surface area contributed by atoms with Crippen molar-refractivity contribution in [2.45, 2.75) is 26.1 Å². The molecule has 0 unspecified atom stereocenters. The van der Waals surface area contributed by atoms with Crippen LogP contribution in [0.2, 0.25) is 0 Å². The first-order valence-corrected chi connectivity index (χ1v) is 6.47. The third-order valence-electron chi connectivity index (χ3n) is 2.52. The van der Waals surface area contributed by atoms with Gasteiger partial charge in [-0.05, 0) is 19.4 Å². The maximum absolute atomic E-state index is 5.91. The van der Waals surface area contributed by atoms with Gasteiger partial charge in [-0.3, -0.25) is 4.98 Å². The van der Waals surface area contributed by atoms with Gasteiger partial charge in [-0.15, -0.1) is 11.6 Å². The summed E-state index contributed by atoms with van der Waals surface area (Å²) in [5.74, 6) is 1.18. The minimum atomic E-state index is 0.410. The molecule has 0 saturated carbocycles. The highest BCUT2D eigenvalue weighted by Crippen LogP contribution is 2.19. The minimum absolute atomic E-state index is 0.410. The van der Waals surface area contributed by atoms with Crippen LogP contribution >= 0.6 is 11.6 Å². The van der Waals surface area contributed by atoms with E-state index < -0.39 is 0 Å². The van der Waals surface area contributed by atoms with E-state index in [2.05, 4.69) is 17.0 Å². The van der Waals surface area contributed by atoms with Crippen LogP contribution in [0.4, 0.5) is 0 Å². The summed E-state index contributed by atoms with van der Waals surface area (Å²) in [6.45, 7) is 4.71. The van der Waals surface area contributed by atoms with Gasteiger partial charge in [0.05, 0.1) is 30.6 Å². The quantitative estimate of drug-likeness (QED) is 0.780. The lowest BCUT2D eigenvalue weighted by Gasteiger charge is -2.07. The average Bonchev–Trinajstić information content (AvgIpc) is 2.85. The summed E-state index contributed by atoms with van der Waals surface area (Å²) in [6, 6.07) is 1.97. The van der Waals surface area contributed by atoms with Crippen LogP contribution in [0.5, 0.6) is 5.75 Å². The van der Waals surface area contributed by atoms with E-state index in [4.69, 9.17) is 16.3 Å². The lowest BCUT2D eigenvalue weighted by molar-refractivity contribution is 0.317. The predicted octanol–water partition coefficient (Wildman–Crippen LogP) is 3.10. The Morgan fingerprint density at radius 1 is 1.39 bits per heavy atom. The van der Waals surface area contributed by atoms with Gasteiger partial charge in [0.15, 0.2) is 5.75 Å². The van der Waals surface area contributed by atoms with Crippen molar-refractivity contribution >= 4 is 11.6 Å². The van der Waals surface area contributed by atoms with Gasteiger partial charge in [0.25, 0.3) is 0 Å². The molecule has 0 aliphatic rings. The van der Waals surface area contributed by atoms with Crippen molar-refractivity contribution in [1.82, 2.24) is 14.8 Å². The average molecular weight is 266 g/mol. The molecular formula is C13H16ClN3O. The summed E-state index contributed by atoms with van der Waals surface area (Å²) in [7, 11) is 0. The molecule has 0 saturated heterocycles. The van der Waals surface area contributed by atoms with E-state index in [1.54, 1.807) is 17.1 Å². The summed E-state index contributed by atoms with van der Waals surface area (Å²) in [6.07, 6.45) is 6.34. The minimum Gasteiger partial charge on any atom is -0.490 e. The predicted molar refractivity (Wildman–Crippen MR) is 71.4 cm³/mol. The second-order valence-corrected chi connectivity index (χ2v) is 4.32. The van der Waals surface area contributed by atoms with E-state index >= 15 is 0 Å². The molecule has 5 heteroatoms. The van der Waals surface area contributed by atoms with Crippen LogP contribution in [0, 0.1) is 6.92 Å².